The fourth-order valence-corrected chi connectivity index (χ4v) is 2.55. The highest BCUT2D eigenvalue weighted by atomic mass is 79.9. The number of aryl methyl sites for hydroxylation is 1. The van der Waals surface area contributed by atoms with Crippen LogP contribution in [-0.2, 0) is 6.54 Å². The number of pyridine rings is 1. The molecule has 4 nitrogen and oxygen atoms in total. The van der Waals surface area contributed by atoms with Crippen molar-refractivity contribution < 1.29 is 0 Å². The van der Waals surface area contributed by atoms with Crippen molar-refractivity contribution in [2.45, 2.75) is 19.4 Å². The van der Waals surface area contributed by atoms with Crippen LogP contribution in [0.2, 0.25) is 0 Å². The SMILES string of the molecule is CSCCCCn1c(N)nc2cc(Br)cnc21. The lowest BCUT2D eigenvalue weighted by atomic mass is 10.3. The maximum atomic E-state index is 5.91. The summed E-state index contributed by atoms with van der Waals surface area (Å²) in [6, 6.07) is 1.94. The highest BCUT2D eigenvalue weighted by molar-refractivity contribution is 9.10. The van der Waals surface area contributed by atoms with Gasteiger partial charge in [-0.15, -0.1) is 0 Å². The number of aromatic nitrogens is 3. The van der Waals surface area contributed by atoms with Crippen LogP contribution in [0.1, 0.15) is 12.8 Å². The molecule has 92 valence electrons. The number of imidazole rings is 1. The first-order chi connectivity index (χ1) is 8.22. The van der Waals surface area contributed by atoms with Gasteiger partial charge in [-0.05, 0) is 46.8 Å². The Morgan fingerprint density at radius 3 is 3.06 bits per heavy atom. The Hall–Kier alpha value is -0.750. The Morgan fingerprint density at radius 1 is 1.47 bits per heavy atom. The molecule has 2 rings (SSSR count). The first-order valence-electron chi connectivity index (χ1n) is 5.48. The predicted molar refractivity (Wildman–Crippen MR) is 77.3 cm³/mol. The summed E-state index contributed by atoms with van der Waals surface area (Å²) in [5.41, 5.74) is 7.63. The molecular formula is C11H15BrN4S. The van der Waals surface area contributed by atoms with Crippen LogP contribution in [0.3, 0.4) is 0 Å². The van der Waals surface area contributed by atoms with Crippen LogP contribution < -0.4 is 5.73 Å². The molecular weight excluding hydrogens is 300 g/mol. The van der Waals surface area contributed by atoms with Gasteiger partial charge in [-0.1, -0.05) is 0 Å². The molecule has 0 saturated heterocycles. The average Bonchev–Trinajstić information content (AvgIpc) is 2.60. The third-order valence-electron chi connectivity index (χ3n) is 2.56. The van der Waals surface area contributed by atoms with E-state index in [9.17, 15) is 0 Å². The van der Waals surface area contributed by atoms with Gasteiger partial charge in [-0.2, -0.15) is 11.8 Å². The molecule has 17 heavy (non-hydrogen) atoms. The molecule has 0 bridgehead atoms. The molecule has 0 amide bonds. The van der Waals surface area contributed by atoms with Gasteiger partial charge in [-0.3, -0.25) is 4.57 Å². The quantitative estimate of drug-likeness (QED) is 0.862. The number of hydrogen-bond donors (Lipinski definition) is 1. The predicted octanol–water partition coefficient (Wildman–Crippen LogP) is 2.92. The lowest BCUT2D eigenvalue weighted by molar-refractivity contribution is 0.652. The molecule has 0 radical (unpaired) electrons. The molecule has 2 heterocycles. The standard InChI is InChI=1S/C11H15BrN4S/c1-17-5-3-2-4-16-10-9(15-11(16)13)6-8(12)7-14-10/h6-7H,2-5H2,1H3,(H2,13,15). The van der Waals surface area contributed by atoms with E-state index in [0.717, 1.165) is 28.6 Å². The number of nitrogens with two attached hydrogens (primary N) is 1. The molecule has 6 heteroatoms. The van der Waals surface area contributed by atoms with E-state index in [-0.39, 0.29) is 0 Å². The Kier molecular flexibility index (Phi) is 4.28. The average molecular weight is 315 g/mol. The maximum absolute atomic E-state index is 5.91. The Labute approximate surface area is 113 Å². The van der Waals surface area contributed by atoms with Crippen molar-refractivity contribution in [1.82, 2.24) is 14.5 Å². The van der Waals surface area contributed by atoms with Gasteiger partial charge in [0.15, 0.2) is 5.65 Å². The fraction of sp³-hybridized carbons (Fsp3) is 0.455. The molecule has 2 aromatic rings. The van der Waals surface area contributed by atoms with Crippen molar-refractivity contribution >= 4 is 44.8 Å². The van der Waals surface area contributed by atoms with Crippen LogP contribution in [0.15, 0.2) is 16.7 Å². The third kappa shape index (κ3) is 2.93. The van der Waals surface area contributed by atoms with Crippen LogP contribution in [0.4, 0.5) is 5.95 Å². The molecule has 0 fully saturated rings. The zero-order chi connectivity index (χ0) is 12.3. The maximum Gasteiger partial charge on any atom is 0.202 e. The molecule has 2 N–H and O–H groups in total. The van der Waals surface area contributed by atoms with Gasteiger partial charge in [0, 0.05) is 17.2 Å². The summed E-state index contributed by atoms with van der Waals surface area (Å²) < 4.78 is 2.92. The van der Waals surface area contributed by atoms with E-state index < -0.39 is 0 Å². The second-order valence-electron chi connectivity index (χ2n) is 3.82. The summed E-state index contributed by atoms with van der Waals surface area (Å²) in [7, 11) is 0. The van der Waals surface area contributed by atoms with Crippen molar-refractivity contribution in [2.24, 2.45) is 0 Å². The topological polar surface area (TPSA) is 56.7 Å². The number of thioether (sulfide) groups is 1. The summed E-state index contributed by atoms with van der Waals surface area (Å²) in [6.07, 6.45) is 6.20. The van der Waals surface area contributed by atoms with Gasteiger partial charge >= 0.3 is 0 Å². The van der Waals surface area contributed by atoms with Crippen LogP contribution >= 0.6 is 27.7 Å². The van der Waals surface area contributed by atoms with E-state index in [1.165, 1.54) is 12.2 Å². The summed E-state index contributed by atoms with van der Waals surface area (Å²) in [5, 5.41) is 0. The van der Waals surface area contributed by atoms with E-state index in [1.807, 2.05) is 22.4 Å². The highest BCUT2D eigenvalue weighted by Crippen LogP contribution is 2.20. The molecule has 0 atom stereocenters. The lowest BCUT2D eigenvalue weighted by Gasteiger charge is -2.04. The van der Waals surface area contributed by atoms with Crippen molar-refractivity contribution in [3.8, 4) is 0 Å². The number of rotatable bonds is 5. The van der Waals surface area contributed by atoms with E-state index in [1.54, 1.807) is 6.20 Å². The summed E-state index contributed by atoms with van der Waals surface area (Å²) in [6.45, 7) is 0.886. The molecule has 0 spiro atoms. The molecule has 0 aliphatic rings. The van der Waals surface area contributed by atoms with Gasteiger partial charge in [0.25, 0.3) is 0 Å². The van der Waals surface area contributed by atoms with Crippen LogP contribution in [-0.4, -0.2) is 26.5 Å². The lowest BCUT2D eigenvalue weighted by Crippen LogP contribution is -2.04. The zero-order valence-electron chi connectivity index (χ0n) is 9.69. The van der Waals surface area contributed by atoms with Crippen molar-refractivity contribution in [3.63, 3.8) is 0 Å². The van der Waals surface area contributed by atoms with Crippen LogP contribution in [0, 0.1) is 0 Å². The minimum absolute atomic E-state index is 0.551. The minimum atomic E-state index is 0.551. The van der Waals surface area contributed by atoms with Gasteiger partial charge in [-0.25, -0.2) is 9.97 Å². The van der Waals surface area contributed by atoms with E-state index in [4.69, 9.17) is 5.73 Å². The van der Waals surface area contributed by atoms with Gasteiger partial charge < -0.3 is 5.73 Å². The normalized spacial score (nSPS) is 11.2. The molecule has 2 aromatic heterocycles. The van der Waals surface area contributed by atoms with Gasteiger partial charge in [0.05, 0.1) is 0 Å². The first-order valence-corrected chi connectivity index (χ1v) is 7.67. The molecule has 0 aliphatic heterocycles. The van der Waals surface area contributed by atoms with Gasteiger partial charge in [0.2, 0.25) is 5.95 Å². The Morgan fingerprint density at radius 2 is 2.29 bits per heavy atom. The number of anilines is 1. The Balaban J connectivity index is 2.18. The second-order valence-corrected chi connectivity index (χ2v) is 5.72. The minimum Gasteiger partial charge on any atom is -0.369 e. The Bertz CT molecular complexity index is 511. The first kappa shape index (κ1) is 12.7. The molecule has 0 aromatic carbocycles. The second kappa shape index (κ2) is 5.73. The smallest absolute Gasteiger partial charge is 0.202 e. The van der Waals surface area contributed by atoms with E-state index in [2.05, 4.69) is 32.2 Å². The van der Waals surface area contributed by atoms with Crippen LogP contribution in [0.5, 0.6) is 0 Å². The third-order valence-corrected chi connectivity index (χ3v) is 3.69. The van der Waals surface area contributed by atoms with E-state index in [0.29, 0.717) is 5.95 Å². The largest absolute Gasteiger partial charge is 0.369 e. The van der Waals surface area contributed by atoms with Crippen molar-refractivity contribution in [1.29, 1.82) is 0 Å². The number of halogens is 1. The molecule has 0 aliphatic carbocycles. The molecule has 0 unspecified atom stereocenters. The summed E-state index contributed by atoms with van der Waals surface area (Å²) in [4.78, 5) is 8.68. The highest BCUT2D eigenvalue weighted by Gasteiger charge is 2.09. The monoisotopic (exact) mass is 314 g/mol. The van der Waals surface area contributed by atoms with Crippen molar-refractivity contribution in [3.05, 3.63) is 16.7 Å². The summed E-state index contributed by atoms with van der Waals surface area (Å²) >= 11 is 5.25. The number of hydrogen-bond acceptors (Lipinski definition) is 4. The number of fused-ring (bicyclic) bond motifs is 1. The zero-order valence-corrected chi connectivity index (χ0v) is 12.1. The number of nitrogen functional groups attached to an aromatic ring is 1. The van der Waals surface area contributed by atoms with Crippen LogP contribution in [0.25, 0.3) is 11.2 Å². The summed E-state index contributed by atoms with van der Waals surface area (Å²) in [5.74, 6) is 1.74. The number of nitrogens with zero attached hydrogens (tertiary/aromatic N) is 3. The van der Waals surface area contributed by atoms with Crippen molar-refractivity contribution in [2.75, 3.05) is 17.7 Å². The van der Waals surface area contributed by atoms with Gasteiger partial charge in [0.1, 0.15) is 5.52 Å². The van der Waals surface area contributed by atoms with E-state index >= 15 is 0 Å². The molecule has 0 saturated carbocycles. The fourth-order valence-electron chi connectivity index (χ4n) is 1.74. The number of unbranched alkanes of at least 4 members (excludes halogenated alkanes) is 1.